The molecule has 3 aromatic rings. The monoisotopic (exact) mass is 420 g/mol. The Morgan fingerprint density at radius 3 is 2.52 bits per heavy atom. The van der Waals surface area contributed by atoms with Crippen molar-refractivity contribution in [2.75, 3.05) is 0 Å². The summed E-state index contributed by atoms with van der Waals surface area (Å²) in [6.07, 6.45) is 3.41. The third-order valence-corrected chi connectivity index (χ3v) is 6.21. The van der Waals surface area contributed by atoms with E-state index in [1.807, 2.05) is 49.4 Å². The van der Waals surface area contributed by atoms with Crippen molar-refractivity contribution >= 4 is 11.8 Å². The molecule has 0 amide bonds. The van der Waals surface area contributed by atoms with E-state index in [9.17, 15) is 4.39 Å². The van der Waals surface area contributed by atoms with Gasteiger partial charge in [0.05, 0.1) is 0 Å². The average molecular weight is 421 g/mol. The van der Waals surface area contributed by atoms with Crippen molar-refractivity contribution in [3.05, 3.63) is 71.7 Å². The van der Waals surface area contributed by atoms with Crippen molar-refractivity contribution < 1.29 is 8.91 Å². The van der Waals surface area contributed by atoms with Crippen LogP contribution in [0.15, 0.2) is 64.1 Å². The molecule has 2 heterocycles. The summed E-state index contributed by atoms with van der Waals surface area (Å²) in [4.78, 5) is 6.64. The van der Waals surface area contributed by atoms with Crippen molar-refractivity contribution in [3.8, 4) is 11.1 Å². The van der Waals surface area contributed by atoms with E-state index in [4.69, 9.17) is 10.3 Å². The van der Waals surface area contributed by atoms with E-state index in [1.54, 1.807) is 12.1 Å². The highest BCUT2D eigenvalue weighted by molar-refractivity contribution is 5.81. The first kappa shape index (κ1) is 21.1. The van der Waals surface area contributed by atoms with Gasteiger partial charge in [0.25, 0.3) is 0 Å². The number of hydrogen-bond acceptors (Lipinski definition) is 3. The van der Waals surface area contributed by atoms with E-state index in [0.29, 0.717) is 35.2 Å². The first-order chi connectivity index (χ1) is 14.9. The molecule has 2 N–H and O–H groups in total. The molecule has 4 rings (SSSR count). The molecule has 0 bridgehead atoms. The van der Waals surface area contributed by atoms with Gasteiger partial charge in [-0.25, -0.2) is 4.39 Å². The normalized spacial score (nSPS) is 20.6. The number of aliphatic imine (C=N–C) groups is 1. The summed E-state index contributed by atoms with van der Waals surface area (Å²) in [7, 11) is 0. The lowest BCUT2D eigenvalue weighted by molar-refractivity contribution is 0.189. The molecule has 0 saturated carbocycles. The molecule has 1 saturated heterocycles. The Balaban J connectivity index is 1.53. The van der Waals surface area contributed by atoms with Gasteiger partial charge in [-0.2, -0.15) is 4.99 Å². The van der Waals surface area contributed by atoms with Crippen LogP contribution in [0.2, 0.25) is 0 Å². The highest BCUT2D eigenvalue weighted by atomic mass is 19.1. The molecule has 3 unspecified atom stereocenters. The van der Waals surface area contributed by atoms with Gasteiger partial charge in [-0.3, -0.25) is 0 Å². The number of benzene rings is 2. The smallest absolute Gasteiger partial charge is 0.198 e. The number of rotatable bonds is 4. The number of nitrogens with zero attached hydrogens (tertiary/aromatic N) is 3. The van der Waals surface area contributed by atoms with Gasteiger partial charge in [-0.15, -0.1) is 0 Å². The topological polar surface area (TPSA) is 67.7 Å². The molecule has 0 spiro atoms. The van der Waals surface area contributed by atoms with Crippen molar-refractivity contribution in [2.24, 2.45) is 10.7 Å². The second-order valence-electron chi connectivity index (χ2n) is 8.42. The summed E-state index contributed by atoms with van der Waals surface area (Å²) in [6.45, 7) is 6.30. The van der Waals surface area contributed by atoms with Crippen LogP contribution >= 0.6 is 0 Å². The van der Waals surface area contributed by atoms with Crippen molar-refractivity contribution in [1.82, 2.24) is 10.1 Å². The fourth-order valence-corrected chi connectivity index (χ4v) is 4.40. The number of nitrogens with two attached hydrogens (primary N) is 1. The quantitative estimate of drug-likeness (QED) is 0.425. The first-order valence-electron chi connectivity index (χ1n) is 10.9. The minimum atomic E-state index is -0.259. The van der Waals surface area contributed by atoms with Crippen LogP contribution in [0.5, 0.6) is 0 Å². The summed E-state index contributed by atoms with van der Waals surface area (Å²) < 4.78 is 20.3. The third kappa shape index (κ3) is 4.48. The number of likely N-dealkylation sites (tertiary alicyclic amines) is 1. The van der Waals surface area contributed by atoms with Gasteiger partial charge in [0, 0.05) is 29.6 Å². The second-order valence-corrected chi connectivity index (χ2v) is 8.42. The highest BCUT2D eigenvalue weighted by Gasteiger charge is 2.26. The fourth-order valence-electron chi connectivity index (χ4n) is 4.40. The van der Waals surface area contributed by atoms with Crippen LogP contribution in [-0.2, 0) is 0 Å². The van der Waals surface area contributed by atoms with Gasteiger partial charge in [-0.05, 0) is 50.3 Å². The van der Waals surface area contributed by atoms with Gasteiger partial charge in [0.1, 0.15) is 11.6 Å². The molecule has 5 nitrogen and oxygen atoms in total. The Morgan fingerprint density at radius 1 is 1.13 bits per heavy atom. The SMILES string of the molecule is CC(c1ccc(-c2ccccc2)c(F)c1)c1cc(/N=C(\N)N2C(C)CCCC2C)no1. The minimum absolute atomic E-state index is 0.162. The Bertz CT molecular complexity index is 1050. The number of aromatic nitrogens is 1. The number of halogens is 1. The third-order valence-electron chi connectivity index (χ3n) is 6.21. The average Bonchev–Trinajstić information content (AvgIpc) is 3.22. The van der Waals surface area contributed by atoms with Crippen LogP contribution in [0.1, 0.15) is 57.3 Å². The lowest BCUT2D eigenvalue weighted by Crippen LogP contribution is -2.50. The van der Waals surface area contributed by atoms with E-state index < -0.39 is 0 Å². The van der Waals surface area contributed by atoms with Crippen LogP contribution in [0.25, 0.3) is 11.1 Å². The fraction of sp³-hybridized carbons (Fsp3) is 0.360. The van der Waals surface area contributed by atoms with E-state index >= 15 is 0 Å². The summed E-state index contributed by atoms with van der Waals surface area (Å²) >= 11 is 0. The molecule has 0 aliphatic carbocycles. The van der Waals surface area contributed by atoms with Crippen molar-refractivity contribution in [3.63, 3.8) is 0 Å². The van der Waals surface area contributed by atoms with E-state index in [2.05, 4.69) is 28.9 Å². The first-order valence-corrected chi connectivity index (χ1v) is 10.9. The Kier molecular flexibility index (Phi) is 6.07. The minimum Gasteiger partial charge on any atom is -0.369 e. The number of hydrogen-bond donors (Lipinski definition) is 1. The van der Waals surface area contributed by atoms with Crippen LogP contribution in [0, 0.1) is 5.82 Å². The van der Waals surface area contributed by atoms with E-state index in [1.165, 1.54) is 6.42 Å². The Morgan fingerprint density at radius 2 is 1.84 bits per heavy atom. The van der Waals surface area contributed by atoms with Crippen LogP contribution < -0.4 is 5.73 Å². The second kappa shape index (κ2) is 8.92. The largest absolute Gasteiger partial charge is 0.369 e. The molecule has 0 radical (unpaired) electrons. The Labute approximate surface area is 182 Å². The lowest BCUT2D eigenvalue weighted by Gasteiger charge is -2.39. The van der Waals surface area contributed by atoms with E-state index in [0.717, 1.165) is 24.0 Å². The maximum atomic E-state index is 14.8. The molecule has 3 atom stereocenters. The van der Waals surface area contributed by atoms with Gasteiger partial charge in [0.2, 0.25) is 0 Å². The van der Waals surface area contributed by atoms with Crippen LogP contribution in [-0.4, -0.2) is 28.1 Å². The molecule has 162 valence electrons. The molecular formula is C25H29FN4O. The molecule has 1 aliphatic heterocycles. The van der Waals surface area contributed by atoms with Crippen LogP contribution in [0.3, 0.4) is 0 Å². The lowest BCUT2D eigenvalue weighted by atomic mass is 9.95. The predicted molar refractivity (Wildman–Crippen MR) is 122 cm³/mol. The van der Waals surface area contributed by atoms with Gasteiger partial charge in [-0.1, -0.05) is 54.5 Å². The molecule has 31 heavy (non-hydrogen) atoms. The maximum absolute atomic E-state index is 14.8. The molecule has 2 aromatic carbocycles. The number of piperidine rings is 1. The molecular weight excluding hydrogens is 391 g/mol. The van der Waals surface area contributed by atoms with Gasteiger partial charge >= 0.3 is 0 Å². The summed E-state index contributed by atoms with van der Waals surface area (Å²) in [6, 6.07) is 17.3. The maximum Gasteiger partial charge on any atom is 0.198 e. The summed E-state index contributed by atoms with van der Waals surface area (Å²) in [5, 5.41) is 4.07. The van der Waals surface area contributed by atoms with Crippen molar-refractivity contribution in [1.29, 1.82) is 0 Å². The molecule has 1 aromatic heterocycles. The zero-order chi connectivity index (χ0) is 22.0. The zero-order valence-corrected chi connectivity index (χ0v) is 18.3. The zero-order valence-electron chi connectivity index (χ0n) is 18.3. The van der Waals surface area contributed by atoms with Gasteiger partial charge < -0.3 is 15.2 Å². The van der Waals surface area contributed by atoms with Gasteiger partial charge in [0.15, 0.2) is 11.8 Å². The molecule has 1 fully saturated rings. The molecule has 1 aliphatic rings. The van der Waals surface area contributed by atoms with Crippen molar-refractivity contribution in [2.45, 2.75) is 58.0 Å². The number of guanidine groups is 1. The summed E-state index contributed by atoms with van der Waals surface area (Å²) in [5.74, 6) is 1.10. The predicted octanol–water partition coefficient (Wildman–Crippen LogP) is 5.84. The van der Waals surface area contributed by atoms with Crippen LogP contribution in [0.4, 0.5) is 10.2 Å². The van der Waals surface area contributed by atoms with E-state index in [-0.39, 0.29) is 11.7 Å². The standard InChI is InChI=1S/C25H29FN4O/c1-16-8-7-9-17(2)30(16)25(27)28-24-15-23(31-29-24)18(3)20-12-13-21(22(26)14-20)19-10-5-4-6-11-19/h4-6,10-18H,7-9H2,1-3H3,(H2,27,28,29). The summed E-state index contributed by atoms with van der Waals surface area (Å²) in [5.41, 5.74) is 8.54. The Hall–Kier alpha value is -3.15. The molecule has 6 heteroatoms. The highest BCUT2D eigenvalue weighted by Crippen LogP contribution is 2.31.